The molecule has 0 saturated carbocycles. The summed E-state index contributed by atoms with van der Waals surface area (Å²) < 4.78 is 42.4. The quantitative estimate of drug-likeness (QED) is 0.866. The average molecular weight is 332 g/mol. The monoisotopic (exact) mass is 332 g/mol. The van der Waals surface area contributed by atoms with Crippen molar-refractivity contribution in [2.75, 3.05) is 25.5 Å². The van der Waals surface area contributed by atoms with Gasteiger partial charge in [0.15, 0.2) is 6.10 Å². The van der Waals surface area contributed by atoms with Gasteiger partial charge in [0, 0.05) is 12.2 Å². The molecule has 1 fully saturated rings. The minimum Gasteiger partial charge on any atom is -0.497 e. The van der Waals surface area contributed by atoms with Gasteiger partial charge in [-0.1, -0.05) is 0 Å². The van der Waals surface area contributed by atoms with Gasteiger partial charge in [-0.3, -0.25) is 9.69 Å². The van der Waals surface area contributed by atoms with Gasteiger partial charge in [0.2, 0.25) is 5.91 Å². The van der Waals surface area contributed by atoms with E-state index in [9.17, 15) is 23.1 Å². The number of anilines is 1. The lowest BCUT2D eigenvalue weighted by Gasteiger charge is -2.26. The number of alkyl halides is 3. The summed E-state index contributed by atoms with van der Waals surface area (Å²) in [7, 11) is 1.52. The van der Waals surface area contributed by atoms with E-state index in [1.54, 1.807) is 24.3 Å². The molecule has 2 atom stereocenters. The number of methoxy groups -OCH3 is 1. The van der Waals surface area contributed by atoms with E-state index in [1.165, 1.54) is 12.0 Å². The van der Waals surface area contributed by atoms with Gasteiger partial charge >= 0.3 is 6.18 Å². The number of aliphatic hydroxyl groups excluding tert-OH is 1. The van der Waals surface area contributed by atoms with Crippen molar-refractivity contribution < 1.29 is 27.8 Å². The number of halogens is 3. The number of amides is 1. The summed E-state index contributed by atoms with van der Waals surface area (Å²) in [6.45, 7) is -0.238. The molecule has 1 aromatic carbocycles. The maximum Gasteiger partial charge on any atom is 0.415 e. The molecule has 0 radical (unpaired) electrons. The third-order valence-electron chi connectivity index (χ3n) is 3.81. The maximum absolute atomic E-state index is 12.5. The van der Waals surface area contributed by atoms with E-state index in [-0.39, 0.29) is 5.91 Å². The van der Waals surface area contributed by atoms with Crippen LogP contribution in [0.15, 0.2) is 24.3 Å². The summed E-state index contributed by atoms with van der Waals surface area (Å²) in [4.78, 5) is 13.6. The topological polar surface area (TPSA) is 61.8 Å². The largest absolute Gasteiger partial charge is 0.497 e. The van der Waals surface area contributed by atoms with Crippen LogP contribution in [-0.4, -0.2) is 54.4 Å². The Morgan fingerprint density at radius 2 is 2.09 bits per heavy atom. The van der Waals surface area contributed by atoms with Crippen LogP contribution in [0.1, 0.15) is 12.8 Å². The van der Waals surface area contributed by atoms with Gasteiger partial charge in [0.05, 0.1) is 13.2 Å². The molecule has 2 rings (SSSR count). The summed E-state index contributed by atoms with van der Waals surface area (Å²) in [6.07, 6.45) is -6.05. The molecule has 23 heavy (non-hydrogen) atoms. The first-order valence-corrected chi connectivity index (χ1v) is 7.25. The van der Waals surface area contributed by atoms with Gasteiger partial charge < -0.3 is 15.2 Å². The summed E-state index contributed by atoms with van der Waals surface area (Å²) in [5.41, 5.74) is 0.541. The number of β-amino-alcohol motifs (C(OH)–C–C–N with tert-alkyl or cyclic N) is 1. The van der Waals surface area contributed by atoms with Crippen LogP contribution in [0.4, 0.5) is 18.9 Å². The van der Waals surface area contributed by atoms with Gasteiger partial charge in [0.25, 0.3) is 0 Å². The molecule has 1 saturated heterocycles. The Bertz CT molecular complexity index is 534. The molecule has 1 aliphatic heterocycles. The first-order chi connectivity index (χ1) is 10.8. The molecular weight excluding hydrogens is 313 g/mol. The fraction of sp³-hybridized carbons (Fsp3) is 0.533. The van der Waals surface area contributed by atoms with Crippen LogP contribution in [0, 0.1) is 0 Å². The molecule has 8 heteroatoms. The first-order valence-electron chi connectivity index (χ1n) is 7.25. The lowest BCUT2D eigenvalue weighted by molar-refractivity contribution is -0.208. The van der Waals surface area contributed by atoms with E-state index in [0.717, 1.165) is 0 Å². The van der Waals surface area contributed by atoms with Crippen LogP contribution in [0.2, 0.25) is 0 Å². The summed E-state index contributed by atoms with van der Waals surface area (Å²) in [5.74, 6) is 0.265. The molecule has 1 aliphatic rings. The molecule has 1 amide bonds. The number of rotatable bonds is 5. The predicted octanol–water partition coefficient (Wildman–Crippen LogP) is 2.02. The molecule has 1 aromatic rings. The van der Waals surface area contributed by atoms with Crippen LogP contribution < -0.4 is 10.1 Å². The Morgan fingerprint density at radius 3 is 2.65 bits per heavy atom. The Morgan fingerprint density at radius 1 is 1.43 bits per heavy atom. The number of hydrogen-bond acceptors (Lipinski definition) is 4. The zero-order valence-electron chi connectivity index (χ0n) is 12.6. The average Bonchev–Trinajstić information content (AvgIpc) is 2.95. The summed E-state index contributed by atoms with van der Waals surface area (Å²) in [5, 5.41) is 11.9. The molecule has 0 aromatic heterocycles. The highest BCUT2D eigenvalue weighted by molar-refractivity contribution is 5.95. The molecule has 0 bridgehead atoms. The van der Waals surface area contributed by atoms with Crippen molar-refractivity contribution in [3.8, 4) is 5.75 Å². The van der Waals surface area contributed by atoms with E-state index < -0.39 is 24.9 Å². The Labute approximate surface area is 132 Å². The van der Waals surface area contributed by atoms with Crippen LogP contribution >= 0.6 is 0 Å². The predicted molar refractivity (Wildman–Crippen MR) is 78.3 cm³/mol. The van der Waals surface area contributed by atoms with Gasteiger partial charge in [-0.2, -0.15) is 13.2 Å². The third kappa shape index (κ3) is 4.59. The molecule has 128 valence electrons. The van der Waals surface area contributed by atoms with E-state index in [2.05, 4.69) is 5.32 Å². The molecule has 0 aliphatic carbocycles. The van der Waals surface area contributed by atoms with E-state index >= 15 is 0 Å². The van der Waals surface area contributed by atoms with E-state index in [1.807, 2.05) is 0 Å². The minimum atomic E-state index is -4.68. The van der Waals surface area contributed by atoms with Crippen LogP contribution in [0.5, 0.6) is 5.75 Å². The Kier molecular flexibility index (Phi) is 5.48. The fourth-order valence-corrected chi connectivity index (χ4v) is 2.57. The van der Waals surface area contributed by atoms with Crippen molar-refractivity contribution in [3.63, 3.8) is 0 Å². The van der Waals surface area contributed by atoms with Gasteiger partial charge in [-0.25, -0.2) is 0 Å². The van der Waals surface area contributed by atoms with Crippen LogP contribution in [-0.2, 0) is 4.79 Å². The highest BCUT2D eigenvalue weighted by atomic mass is 19.4. The molecule has 5 nitrogen and oxygen atoms in total. The molecule has 0 unspecified atom stereocenters. The van der Waals surface area contributed by atoms with Crippen molar-refractivity contribution in [1.29, 1.82) is 0 Å². The SMILES string of the molecule is COc1ccc(NC(=O)[C@H]2CCCN2C[C@H](O)C(F)(F)F)cc1. The second-order valence-electron chi connectivity index (χ2n) is 5.43. The fourth-order valence-electron chi connectivity index (χ4n) is 2.57. The van der Waals surface area contributed by atoms with Gasteiger partial charge in [-0.15, -0.1) is 0 Å². The lowest BCUT2D eigenvalue weighted by Crippen LogP contribution is -2.46. The van der Waals surface area contributed by atoms with Gasteiger partial charge in [0.1, 0.15) is 5.75 Å². The number of benzene rings is 1. The molecule has 1 heterocycles. The zero-order valence-corrected chi connectivity index (χ0v) is 12.6. The lowest BCUT2D eigenvalue weighted by atomic mass is 10.2. The van der Waals surface area contributed by atoms with E-state index in [0.29, 0.717) is 30.8 Å². The third-order valence-corrected chi connectivity index (χ3v) is 3.81. The van der Waals surface area contributed by atoms with Crippen molar-refractivity contribution in [3.05, 3.63) is 24.3 Å². The number of likely N-dealkylation sites (tertiary alicyclic amines) is 1. The Balaban J connectivity index is 1.97. The van der Waals surface area contributed by atoms with E-state index in [4.69, 9.17) is 4.74 Å². The number of carbonyl (C=O) groups is 1. The highest BCUT2D eigenvalue weighted by Crippen LogP contribution is 2.25. The highest BCUT2D eigenvalue weighted by Gasteiger charge is 2.42. The molecule has 2 N–H and O–H groups in total. The Hall–Kier alpha value is -1.80. The second-order valence-corrected chi connectivity index (χ2v) is 5.43. The van der Waals surface area contributed by atoms with Crippen molar-refractivity contribution in [2.24, 2.45) is 0 Å². The standard InChI is InChI=1S/C15H19F3N2O3/c1-23-11-6-4-10(5-7-11)19-14(22)12-3-2-8-20(12)9-13(21)15(16,17)18/h4-7,12-13,21H,2-3,8-9H2,1H3,(H,19,22)/t12-,13+/m1/s1. The van der Waals surface area contributed by atoms with Crippen molar-refractivity contribution in [1.82, 2.24) is 4.90 Å². The number of aliphatic hydroxyl groups is 1. The van der Waals surface area contributed by atoms with Crippen molar-refractivity contribution in [2.45, 2.75) is 31.2 Å². The summed E-state index contributed by atoms with van der Waals surface area (Å²) in [6, 6.07) is 5.99. The second kappa shape index (κ2) is 7.18. The summed E-state index contributed by atoms with van der Waals surface area (Å²) >= 11 is 0. The minimum absolute atomic E-state index is 0.355. The number of ether oxygens (including phenoxy) is 1. The number of nitrogens with one attached hydrogen (secondary N) is 1. The number of carbonyl (C=O) groups excluding carboxylic acids is 1. The van der Waals surface area contributed by atoms with Crippen molar-refractivity contribution >= 4 is 11.6 Å². The smallest absolute Gasteiger partial charge is 0.415 e. The number of hydrogen-bond donors (Lipinski definition) is 2. The maximum atomic E-state index is 12.5. The molecule has 0 spiro atoms. The van der Waals surface area contributed by atoms with Crippen LogP contribution in [0.3, 0.4) is 0 Å². The van der Waals surface area contributed by atoms with Gasteiger partial charge in [-0.05, 0) is 43.7 Å². The zero-order chi connectivity index (χ0) is 17.0. The molecular formula is C15H19F3N2O3. The number of nitrogens with zero attached hydrogens (tertiary/aromatic N) is 1. The normalized spacial score (nSPS) is 20.3. The van der Waals surface area contributed by atoms with Crippen LogP contribution in [0.25, 0.3) is 0 Å². The first kappa shape index (κ1) is 17.6.